The molecule has 0 aromatic carbocycles. The van der Waals surface area contributed by atoms with Crippen LogP contribution >= 0.6 is 0 Å². The number of carbonyl (C=O) groups excluding carboxylic acids is 2. The van der Waals surface area contributed by atoms with Crippen LogP contribution in [-0.2, 0) is 9.59 Å². The van der Waals surface area contributed by atoms with Crippen molar-refractivity contribution in [3.63, 3.8) is 0 Å². The van der Waals surface area contributed by atoms with Gasteiger partial charge in [-0.25, -0.2) is 0 Å². The fraction of sp³-hybridized carbons (Fsp3) is 0.895. The zero-order valence-electron chi connectivity index (χ0n) is 13.8. The molecule has 1 N–H and O–H groups in total. The monoisotopic (exact) mass is 304 g/mol. The molecule has 0 spiro atoms. The maximum atomic E-state index is 12.4. The molecule has 3 nitrogen and oxygen atoms in total. The molecule has 4 fully saturated rings. The molecule has 3 heteroatoms. The number of hydrogen-bond acceptors (Lipinski definition) is 3. The second-order valence-corrected chi connectivity index (χ2v) is 8.97. The van der Waals surface area contributed by atoms with Gasteiger partial charge in [-0.2, -0.15) is 0 Å². The van der Waals surface area contributed by atoms with Gasteiger partial charge in [0.15, 0.2) is 0 Å². The molecule has 122 valence electrons. The highest BCUT2D eigenvalue weighted by atomic mass is 16.3. The van der Waals surface area contributed by atoms with Crippen LogP contribution in [0.15, 0.2) is 0 Å². The molecular weight excluding hydrogens is 276 g/mol. The molecule has 4 aliphatic carbocycles. The van der Waals surface area contributed by atoms with Gasteiger partial charge >= 0.3 is 0 Å². The maximum Gasteiger partial charge on any atom is 0.141 e. The van der Waals surface area contributed by atoms with E-state index in [4.69, 9.17) is 0 Å². The summed E-state index contributed by atoms with van der Waals surface area (Å²) in [7, 11) is 0. The minimum Gasteiger partial charge on any atom is -0.392 e. The zero-order chi connectivity index (χ0) is 15.7. The summed E-state index contributed by atoms with van der Waals surface area (Å²) in [4.78, 5) is 24.3. The molecule has 0 aromatic rings. The van der Waals surface area contributed by atoms with Crippen molar-refractivity contribution < 1.29 is 14.7 Å². The van der Waals surface area contributed by atoms with Crippen LogP contribution < -0.4 is 0 Å². The summed E-state index contributed by atoms with van der Waals surface area (Å²) >= 11 is 0. The summed E-state index contributed by atoms with van der Waals surface area (Å²) in [6.45, 7) is 4.50. The highest BCUT2D eigenvalue weighted by Gasteiger charge is 2.62. The van der Waals surface area contributed by atoms with Gasteiger partial charge < -0.3 is 5.11 Å². The number of Topliss-reactive ketones (excluding diaryl/α,β-unsaturated/α-hetero) is 2. The van der Waals surface area contributed by atoms with Crippen LogP contribution in [0.25, 0.3) is 0 Å². The van der Waals surface area contributed by atoms with Crippen molar-refractivity contribution in [2.45, 2.75) is 71.3 Å². The lowest BCUT2D eigenvalue weighted by atomic mass is 9.45. The first-order valence-electron chi connectivity index (χ1n) is 9.09. The third-order valence-electron chi connectivity index (χ3n) is 8.18. The molecule has 0 unspecified atom stereocenters. The quantitative estimate of drug-likeness (QED) is 0.748. The Morgan fingerprint density at radius 2 is 1.82 bits per heavy atom. The number of ketones is 2. The lowest BCUT2D eigenvalue weighted by Gasteiger charge is -2.59. The Hall–Kier alpha value is -0.700. The lowest BCUT2D eigenvalue weighted by molar-refractivity contribution is -0.148. The molecule has 0 radical (unpaired) electrons. The van der Waals surface area contributed by atoms with Crippen molar-refractivity contribution in [1.82, 2.24) is 0 Å². The first-order chi connectivity index (χ1) is 10.4. The van der Waals surface area contributed by atoms with Crippen LogP contribution in [0.5, 0.6) is 0 Å². The summed E-state index contributed by atoms with van der Waals surface area (Å²) in [6, 6.07) is 0. The van der Waals surface area contributed by atoms with Crippen molar-refractivity contribution in [2.24, 2.45) is 34.5 Å². The van der Waals surface area contributed by atoms with Gasteiger partial charge in [0.2, 0.25) is 0 Å². The van der Waals surface area contributed by atoms with Crippen LogP contribution in [0.3, 0.4) is 0 Å². The fourth-order valence-corrected chi connectivity index (χ4v) is 6.88. The second-order valence-electron chi connectivity index (χ2n) is 8.97. The lowest BCUT2D eigenvalue weighted by Crippen LogP contribution is -2.55. The van der Waals surface area contributed by atoms with Crippen molar-refractivity contribution in [1.29, 1.82) is 0 Å². The number of carbonyl (C=O) groups is 2. The molecule has 4 saturated carbocycles. The van der Waals surface area contributed by atoms with E-state index in [0.717, 1.165) is 44.9 Å². The predicted molar refractivity (Wildman–Crippen MR) is 83.1 cm³/mol. The summed E-state index contributed by atoms with van der Waals surface area (Å²) in [5, 5.41) is 10.5. The van der Waals surface area contributed by atoms with E-state index >= 15 is 0 Å². The van der Waals surface area contributed by atoms with Crippen LogP contribution in [0, 0.1) is 34.5 Å². The smallest absolute Gasteiger partial charge is 0.141 e. The van der Waals surface area contributed by atoms with Gasteiger partial charge in [-0.05, 0) is 55.3 Å². The van der Waals surface area contributed by atoms with E-state index in [1.807, 2.05) is 0 Å². The Balaban J connectivity index is 1.68. The maximum absolute atomic E-state index is 12.4. The molecule has 0 amide bonds. The van der Waals surface area contributed by atoms with Crippen LogP contribution in [0.4, 0.5) is 0 Å². The Morgan fingerprint density at radius 1 is 1.05 bits per heavy atom. The first-order valence-corrected chi connectivity index (χ1v) is 9.09. The van der Waals surface area contributed by atoms with Crippen LogP contribution in [0.2, 0.25) is 0 Å². The summed E-state index contributed by atoms with van der Waals surface area (Å²) < 4.78 is 0. The van der Waals surface area contributed by atoms with Crippen molar-refractivity contribution in [2.75, 3.05) is 0 Å². The number of hydrogen-bond donors (Lipinski definition) is 1. The normalized spacial score (nSPS) is 54.6. The van der Waals surface area contributed by atoms with Crippen LogP contribution in [0.1, 0.15) is 65.2 Å². The van der Waals surface area contributed by atoms with Crippen LogP contribution in [-0.4, -0.2) is 22.8 Å². The van der Waals surface area contributed by atoms with Crippen molar-refractivity contribution in [3.8, 4) is 0 Å². The Morgan fingerprint density at radius 3 is 2.59 bits per heavy atom. The third kappa shape index (κ3) is 1.78. The Labute approximate surface area is 132 Å². The molecule has 0 heterocycles. The number of rotatable bonds is 0. The molecule has 0 saturated heterocycles. The van der Waals surface area contributed by atoms with Crippen molar-refractivity contribution >= 4 is 11.6 Å². The van der Waals surface area contributed by atoms with Gasteiger partial charge in [0, 0.05) is 30.6 Å². The number of aliphatic hydroxyl groups excluding tert-OH is 1. The predicted octanol–water partition coefficient (Wildman–Crippen LogP) is 3.14. The summed E-state index contributed by atoms with van der Waals surface area (Å²) in [5.74, 6) is 2.50. The highest BCUT2D eigenvalue weighted by molar-refractivity contribution is 5.88. The molecule has 0 bridgehead atoms. The molecule has 7 atom stereocenters. The SMILES string of the molecule is C[C@]12CCC(=O)C[C@@H]1CC[C@H]1[C@@H]3[C@@H](O)CC(=O)[C@@]3(C)CC[C@@H]12. The zero-order valence-corrected chi connectivity index (χ0v) is 13.8. The number of aliphatic hydroxyl groups is 1. The average molecular weight is 304 g/mol. The molecule has 4 aliphatic rings. The van der Waals surface area contributed by atoms with E-state index < -0.39 is 6.10 Å². The molecule has 4 rings (SSSR count). The molecular formula is C19H28O3. The van der Waals surface area contributed by atoms with Gasteiger partial charge in [0.1, 0.15) is 11.6 Å². The Bertz CT molecular complexity index is 527. The largest absolute Gasteiger partial charge is 0.392 e. The van der Waals surface area contributed by atoms with Gasteiger partial charge in [0.05, 0.1) is 6.10 Å². The standard InChI is InChI=1S/C19H28O3/c1-18-7-5-12(20)9-11(18)3-4-13-14(18)6-8-19(2)16(22)10-15(21)17(13)19/h11,13-15,17,21H,3-10H2,1-2H3/t11-,13+,14-,15-,17+,18-,19+/m0/s1. The molecule has 0 aliphatic heterocycles. The van der Waals surface area contributed by atoms with E-state index in [9.17, 15) is 14.7 Å². The van der Waals surface area contributed by atoms with E-state index in [-0.39, 0.29) is 22.5 Å². The number of fused-ring (bicyclic) bond motifs is 5. The van der Waals surface area contributed by atoms with Gasteiger partial charge in [-0.1, -0.05) is 13.8 Å². The van der Waals surface area contributed by atoms with Gasteiger partial charge in [0.25, 0.3) is 0 Å². The molecule has 22 heavy (non-hydrogen) atoms. The van der Waals surface area contributed by atoms with E-state index in [1.165, 1.54) is 0 Å². The third-order valence-corrected chi connectivity index (χ3v) is 8.18. The second kappa shape index (κ2) is 4.66. The minimum atomic E-state index is -0.435. The Kier molecular flexibility index (Phi) is 3.15. The topological polar surface area (TPSA) is 54.4 Å². The first kappa shape index (κ1) is 14.9. The van der Waals surface area contributed by atoms with E-state index in [0.29, 0.717) is 30.0 Å². The minimum absolute atomic E-state index is 0.161. The average Bonchev–Trinajstić information content (AvgIpc) is 2.70. The van der Waals surface area contributed by atoms with E-state index in [1.54, 1.807) is 0 Å². The fourth-order valence-electron chi connectivity index (χ4n) is 6.88. The highest BCUT2D eigenvalue weighted by Crippen LogP contribution is 2.65. The summed E-state index contributed by atoms with van der Waals surface area (Å²) in [5.41, 5.74) is -0.0300. The van der Waals surface area contributed by atoms with Crippen molar-refractivity contribution in [3.05, 3.63) is 0 Å². The molecule has 0 aromatic heterocycles. The van der Waals surface area contributed by atoms with Gasteiger partial charge in [-0.3, -0.25) is 9.59 Å². The van der Waals surface area contributed by atoms with Gasteiger partial charge in [-0.15, -0.1) is 0 Å². The summed E-state index contributed by atoms with van der Waals surface area (Å²) in [6.07, 6.45) is 6.70. The van der Waals surface area contributed by atoms with E-state index in [2.05, 4.69) is 13.8 Å².